The molecule has 1 atom stereocenters. The van der Waals surface area contributed by atoms with Gasteiger partial charge in [0.05, 0.1) is 18.0 Å². The van der Waals surface area contributed by atoms with Crippen molar-refractivity contribution in [3.63, 3.8) is 0 Å². The highest BCUT2D eigenvalue weighted by Crippen LogP contribution is 2.27. The minimum Gasteiger partial charge on any atom is -0.496 e. The van der Waals surface area contributed by atoms with E-state index >= 15 is 0 Å². The highest BCUT2D eigenvalue weighted by Gasteiger charge is 2.27. The zero-order chi connectivity index (χ0) is 20.9. The van der Waals surface area contributed by atoms with E-state index in [1.807, 2.05) is 31.2 Å². The minimum atomic E-state index is -3.58. The first kappa shape index (κ1) is 21.3. The Kier molecular flexibility index (Phi) is 6.92. The standard InChI is InChI=1S/C22H28N2O4S/c1-3-20(19-12-5-6-13-21(19)28-2)23-22(25)17-10-9-11-18(16-17)29(26,27)24-14-7-4-8-15-24/h5-6,9-13,16,20H,3-4,7-8,14-15H2,1-2H3,(H,23,25). The molecule has 7 heteroatoms. The monoisotopic (exact) mass is 416 g/mol. The molecule has 1 unspecified atom stereocenters. The van der Waals surface area contributed by atoms with Gasteiger partial charge < -0.3 is 10.1 Å². The summed E-state index contributed by atoms with van der Waals surface area (Å²) in [5.41, 5.74) is 1.22. The largest absolute Gasteiger partial charge is 0.496 e. The molecule has 2 aromatic carbocycles. The highest BCUT2D eigenvalue weighted by atomic mass is 32.2. The van der Waals surface area contributed by atoms with Gasteiger partial charge in [-0.15, -0.1) is 0 Å². The van der Waals surface area contributed by atoms with Crippen LogP contribution in [0.25, 0.3) is 0 Å². The second kappa shape index (κ2) is 9.41. The smallest absolute Gasteiger partial charge is 0.251 e. The van der Waals surface area contributed by atoms with Crippen molar-refractivity contribution in [1.29, 1.82) is 0 Å². The second-order valence-electron chi connectivity index (χ2n) is 7.17. The highest BCUT2D eigenvalue weighted by molar-refractivity contribution is 7.89. The van der Waals surface area contributed by atoms with Gasteiger partial charge in [-0.1, -0.05) is 37.6 Å². The zero-order valence-electron chi connectivity index (χ0n) is 16.9. The number of sulfonamides is 1. The molecule has 1 amide bonds. The molecule has 0 saturated carbocycles. The Labute approximate surface area is 172 Å². The fourth-order valence-electron chi connectivity index (χ4n) is 3.65. The number of ether oxygens (including phenoxy) is 1. The molecule has 156 valence electrons. The number of nitrogens with one attached hydrogen (secondary N) is 1. The minimum absolute atomic E-state index is 0.164. The molecule has 1 heterocycles. The van der Waals surface area contributed by atoms with E-state index in [1.54, 1.807) is 25.3 Å². The molecule has 0 bridgehead atoms. The maximum absolute atomic E-state index is 12.9. The van der Waals surface area contributed by atoms with Crippen LogP contribution in [0.15, 0.2) is 53.4 Å². The predicted molar refractivity (Wildman–Crippen MR) is 113 cm³/mol. The Balaban J connectivity index is 1.81. The Morgan fingerprint density at radius 2 is 1.83 bits per heavy atom. The Morgan fingerprint density at radius 3 is 2.52 bits per heavy atom. The second-order valence-corrected chi connectivity index (χ2v) is 9.11. The van der Waals surface area contributed by atoms with E-state index < -0.39 is 10.0 Å². The number of methoxy groups -OCH3 is 1. The van der Waals surface area contributed by atoms with Crippen LogP contribution in [-0.4, -0.2) is 38.8 Å². The van der Waals surface area contributed by atoms with Gasteiger partial charge in [-0.3, -0.25) is 4.79 Å². The lowest BCUT2D eigenvalue weighted by atomic mass is 10.0. The van der Waals surface area contributed by atoms with Crippen LogP contribution >= 0.6 is 0 Å². The molecule has 1 fully saturated rings. The molecule has 1 aliphatic heterocycles. The van der Waals surface area contributed by atoms with Crippen molar-refractivity contribution in [3.8, 4) is 5.75 Å². The van der Waals surface area contributed by atoms with Crippen LogP contribution in [-0.2, 0) is 10.0 Å². The van der Waals surface area contributed by atoms with Crippen LogP contribution in [0, 0.1) is 0 Å². The summed E-state index contributed by atoms with van der Waals surface area (Å²) < 4.78 is 32.8. The lowest BCUT2D eigenvalue weighted by Gasteiger charge is -2.26. The van der Waals surface area contributed by atoms with Crippen LogP contribution in [0.2, 0.25) is 0 Å². The number of carbonyl (C=O) groups excluding carboxylic acids is 1. The van der Waals surface area contributed by atoms with E-state index in [2.05, 4.69) is 5.32 Å². The molecule has 2 aromatic rings. The SMILES string of the molecule is CCC(NC(=O)c1cccc(S(=O)(=O)N2CCCCC2)c1)c1ccccc1OC. The van der Waals surface area contributed by atoms with Gasteiger partial charge in [0.15, 0.2) is 0 Å². The molecule has 0 aliphatic carbocycles. The van der Waals surface area contributed by atoms with Gasteiger partial charge in [0.25, 0.3) is 5.91 Å². The Bertz CT molecular complexity index is 953. The molecule has 1 N–H and O–H groups in total. The Morgan fingerprint density at radius 1 is 1.10 bits per heavy atom. The van der Waals surface area contributed by atoms with E-state index in [4.69, 9.17) is 4.74 Å². The van der Waals surface area contributed by atoms with Gasteiger partial charge in [-0.25, -0.2) is 8.42 Å². The summed E-state index contributed by atoms with van der Waals surface area (Å²) in [6, 6.07) is 13.6. The summed E-state index contributed by atoms with van der Waals surface area (Å²) in [6.07, 6.45) is 3.47. The maximum atomic E-state index is 12.9. The van der Waals surface area contributed by atoms with Crippen molar-refractivity contribution in [1.82, 2.24) is 9.62 Å². The van der Waals surface area contributed by atoms with Crippen LogP contribution < -0.4 is 10.1 Å². The van der Waals surface area contributed by atoms with Crippen molar-refractivity contribution in [2.24, 2.45) is 0 Å². The predicted octanol–water partition coefficient (Wildman–Crippen LogP) is 3.75. The van der Waals surface area contributed by atoms with Crippen molar-refractivity contribution in [2.45, 2.75) is 43.5 Å². The molecule has 29 heavy (non-hydrogen) atoms. The number of para-hydroxylation sites is 1. The van der Waals surface area contributed by atoms with Gasteiger partial charge in [0, 0.05) is 24.2 Å². The molecule has 1 saturated heterocycles. The molecule has 3 rings (SSSR count). The van der Waals surface area contributed by atoms with E-state index in [1.165, 1.54) is 10.4 Å². The van der Waals surface area contributed by atoms with Gasteiger partial charge in [0.2, 0.25) is 10.0 Å². The van der Waals surface area contributed by atoms with E-state index in [9.17, 15) is 13.2 Å². The van der Waals surface area contributed by atoms with Crippen molar-refractivity contribution >= 4 is 15.9 Å². The summed E-state index contributed by atoms with van der Waals surface area (Å²) in [4.78, 5) is 13.0. The number of hydrogen-bond acceptors (Lipinski definition) is 4. The molecular formula is C22H28N2O4S. The van der Waals surface area contributed by atoms with E-state index in [0.29, 0.717) is 30.8 Å². The topological polar surface area (TPSA) is 75.7 Å². The van der Waals surface area contributed by atoms with Gasteiger partial charge in [-0.05, 0) is 43.5 Å². The average molecular weight is 417 g/mol. The zero-order valence-corrected chi connectivity index (χ0v) is 17.7. The number of nitrogens with zero attached hydrogens (tertiary/aromatic N) is 1. The number of rotatable bonds is 7. The van der Waals surface area contributed by atoms with Crippen LogP contribution in [0.1, 0.15) is 54.6 Å². The fraction of sp³-hybridized carbons (Fsp3) is 0.409. The number of benzene rings is 2. The summed E-state index contributed by atoms with van der Waals surface area (Å²) in [7, 11) is -1.98. The van der Waals surface area contributed by atoms with Crippen LogP contribution in [0.4, 0.5) is 0 Å². The molecule has 0 radical (unpaired) electrons. The van der Waals surface area contributed by atoms with E-state index in [0.717, 1.165) is 24.8 Å². The third-order valence-corrected chi connectivity index (χ3v) is 7.17. The first-order valence-electron chi connectivity index (χ1n) is 10.0. The first-order chi connectivity index (χ1) is 14.0. The first-order valence-corrected chi connectivity index (χ1v) is 11.5. The average Bonchev–Trinajstić information content (AvgIpc) is 2.78. The van der Waals surface area contributed by atoms with Crippen molar-refractivity contribution in [3.05, 3.63) is 59.7 Å². The van der Waals surface area contributed by atoms with Gasteiger partial charge >= 0.3 is 0 Å². The quantitative estimate of drug-likeness (QED) is 0.746. The number of piperidine rings is 1. The van der Waals surface area contributed by atoms with Crippen LogP contribution in [0.3, 0.4) is 0 Å². The fourth-order valence-corrected chi connectivity index (χ4v) is 5.21. The molecule has 0 spiro atoms. The Hall–Kier alpha value is -2.38. The van der Waals surface area contributed by atoms with Gasteiger partial charge in [0.1, 0.15) is 5.75 Å². The summed E-state index contributed by atoms with van der Waals surface area (Å²) in [5.74, 6) is 0.402. The van der Waals surface area contributed by atoms with Gasteiger partial charge in [-0.2, -0.15) is 4.31 Å². The molecular weight excluding hydrogens is 388 g/mol. The lowest BCUT2D eigenvalue weighted by molar-refractivity contribution is 0.0935. The number of carbonyl (C=O) groups is 1. The van der Waals surface area contributed by atoms with Crippen LogP contribution in [0.5, 0.6) is 5.75 Å². The molecule has 0 aromatic heterocycles. The molecule has 1 aliphatic rings. The van der Waals surface area contributed by atoms with Crippen molar-refractivity contribution in [2.75, 3.05) is 20.2 Å². The third-order valence-electron chi connectivity index (χ3n) is 5.28. The van der Waals surface area contributed by atoms with E-state index in [-0.39, 0.29) is 16.8 Å². The summed E-state index contributed by atoms with van der Waals surface area (Å²) in [5, 5.41) is 3.00. The number of amides is 1. The summed E-state index contributed by atoms with van der Waals surface area (Å²) >= 11 is 0. The lowest BCUT2D eigenvalue weighted by Crippen LogP contribution is -2.35. The summed E-state index contributed by atoms with van der Waals surface area (Å²) in [6.45, 7) is 3.05. The molecule has 6 nitrogen and oxygen atoms in total. The number of hydrogen-bond donors (Lipinski definition) is 1. The third kappa shape index (κ3) is 4.79. The maximum Gasteiger partial charge on any atom is 0.251 e. The normalized spacial score (nSPS) is 16.2. The van der Waals surface area contributed by atoms with Crippen molar-refractivity contribution < 1.29 is 17.9 Å².